The van der Waals surface area contributed by atoms with Crippen molar-refractivity contribution in [3.8, 4) is 0 Å². The first kappa shape index (κ1) is 16.3. The van der Waals surface area contributed by atoms with Crippen LogP contribution < -0.4 is 0 Å². The fourth-order valence-electron chi connectivity index (χ4n) is 1.89. The lowest BCUT2D eigenvalue weighted by Crippen LogP contribution is -2.10. The standard InChI is InChI=1S/C13H10Cl2O4S2/c1-7-10(13(16)17)4-8(14)5-11(7)21(18,19)6-9-2-3-12(15)20-9/h2-5H,6H2,1H3,(H,16,17). The zero-order chi connectivity index (χ0) is 15.8. The van der Waals surface area contributed by atoms with Gasteiger partial charge in [0.1, 0.15) is 0 Å². The van der Waals surface area contributed by atoms with E-state index in [1.54, 1.807) is 12.1 Å². The molecule has 1 aromatic heterocycles. The number of aromatic carboxylic acids is 1. The lowest BCUT2D eigenvalue weighted by atomic mass is 10.1. The summed E-state index contributed by atoms with van der Waals surface area (Å²) >= 11 is 12.8. The van der Waals surface area contributed by atoms with Crippen molar-refractivity contribution in [3.63, 3.8) is 0 Å². The van der Waals surface area contributed by atoms with Crippen molar-refractivity contribution in [2.45, 2.75) is 17.6 Å². The third kappa shape index (κ3) is 3.58. The van der Waals surface area contributed by atoms with Crippen LogP contribution in [0.2, 0.25) is 9.36 Å². The molecule has 0 aliphatic rings. The fourth-order valence-corrected chi connectivity index (χ4v) is 5.27. The molecule has 112 valence electrons. The average molecular weight is 365 g/mol. The van der Waals surface area contributed by atoms with Gasteiger partial charge in [0.2, 0.25) is 0 Å². The van der Waals surface area contributed by atoms with E-state index in [-0.39, 0.29) is 26.8 Å². The van der Waals surface area contributed by atoms with Crippen molar-refractivity contribution < 1.29 is 18.3 Å². The summed E-state index contributed by atoms with van der Waals surface area (Å²) in [5.74, 6) is -1.46. The number of carboxylic acids is 1. The maximum absolute atomic E-state index is 12.5. The van der Waals surface area contributed by atoms with Gasteiger partial charge in [-0.15, -0.1) is 11.3 Å². The Bertz CT molecular complexity index is 810. The van der Waals surface area contributed by atoms with Crippen molar-refractivity contribution in [1.82, 2.24) is 0 Å². The quantitative estimate of drug-likeness (QED) is 0.888. The van der Waals surface area contributed by atoms with Gasteiger partial charge in [-0.2, -0.15) is 0 Å². The van der Waals surface area contributed by atoms with Gasteiger partial charge in [-0.3, -0.25) is 0 Å². The molecule has 1 heterocycles. The van der Waals surface area contributed by atoms with Gasteiger partial charge in [-0.25, -0.2) is 13.2 Å². The predicted molar refractivity (Wildman–Crippen MR) is 83.4 cm³/mol. The Hall–Kier alpha value is -1.08. The first-order chi connectivity index (χ1) is 9.70. The SMILES string of the molecule is Cc1c(C(=O)O)cc(Cl)cc1S(=O)(=O)Cc1ccc(Cl)s1. The molecule has 0 unspecified atom stereocenters. The molecule has 8 heteroatoms. The molecule has 0 aliphatic heterocycles. The zero-order valence-electron chi connectivity index (χ0n) is 10.8. The Labute approximate surface area is 135 Å². The van der Waals surface area contributed by atoms with Crippen LogP contribution in [0.25, 0.3) is 0 Å². The highest BCUT2D eigenvalue weighted by molar-refractivity contribution is 7.90. The molecule has 0 spiro atoms. The molecule has 0 radical (unpaired) electrons. The van der Waals surface area contributed by atoms with Crippen molar-refractivity contribution in [3.05, 3.63) is 49.6 Å². The van der Waals surface area contributed by atoms with E-state index in [0.29, 0.717) is 9.21 Å². The molecule has 1 aromatic carbocycles. The molecule has 2 rings (SSSR count). The molecule has 0 fully saturated rings. The van der Waals surface area contributed by atoms with E-state index < -0.39 is 15.8 Å². The highest BCUT2D eigenvalue weighted by Crippen LogP contribution is 2.30. The van der Waals surface area contributed by atoms with Crippen LogP contribution >= 0.6 is 34.5 Å². The predicted octanol–water partition coefficient (Wildman–Crippen LogP) is 4.04. The third-order valence-corrected chi connectivity index (χ3v) is 6.27. The number of hydrogen-bond acceptors (Lipinski definition) is 4. The van der Waals surface area contributed by atoms with Crippen molar-refractivity contribution in [2.75, 3.05) is 0 Å². The summed E-state index contributed by atoms with van der Waals surface area (Å²) in [5, 5.41) is 9.17. The number of carbonyl (C=O) groups is 1. The van der Waals surface area contributed by atoms with E-state index in [2.05, 4.69) is 0 Å². The first-order valence-electron chi connectivity index (χ1n) is 5.71. The smallest absolute Gasteiger partial charge is 0.336 e. The molecule has 0 bridgehead atoms. The number of rotatable bonds is 4. The van der Waals surface area contributed by atoms with Gasteiger partial charge >= 0.3 is 5.97 Å². The number of thiophene rings is 1. The highest BCUT2D eigenvalue weighted by atomic mass is 35.5. The minimum absolute atomic E-state index is 0.0702. The van der Waals surface area contributed by atoms with Crippen LogP contribution in [0.3, 0.4) is 0 Å². The fraction of sp³-hybridized carbons (Fsp3) is 0.154. The summed E-state index contributed by atoms with van der Waals surface area (Å²) in [6.45, 7) is 1.45. The Morgan fingerprint density at radius 2 is 1.95 bits per heavy atom. The molecule has 0 saturated carbocycles. The van der Waals surface area contributed by atoms with Crippen LogP contribution in [0.1, 0.15) is 20.8 Å². The number of halogens is 2. The van der Waals surface area contributed by atoms with Gasteiger partial charge in [0.25, 0.3) is 0 Å². The van der Waals surface area contributed by atoms with Crippen LogP contribution in [-0.2, 0) is 15.6 Å². The van der Waals surface area contributed by atoms with Crippen molar-refractivity contribution >= 4 is 50.3 Å². The Kier molecular flexibility index (Phi) is 4.63. The van der Waals surface area contributed by atoms with E-state index in [9.17, 15) is 13.2 Å². The Morgan fingerprint density at radius 1 is 1.29 bits per heavy atom. The second-order valence-corrected chi connectivity index (χ2v) is 8.54. The molecule has 0 atom stereocenters. The molecule has 0 aliphatic carbocycles. The molecule has 1 N–H and O–H groups in total. The highest BCUT2D eigenvalue weighted by Gasteiger charge is 2.23. The van der Waals surface area contributed by atoms with E-state index in [4.69, 9.17) is 28.3 Å². The number of benzene rings is 1. The zero-order valence-corrected chi connectivity index (χ0v) is 13.9. The maximum atomic E-state index is 12.5. The van der Waals surface area contributed by atoms with E-state index >= 15 is 0 Å². The summed E-state index contributed by atoms with van der Waals surface area (Å²) in [7, 11) is -3.71. The lowest BCUT2D eigenvalue weighted by molar-refractivity contribution is 0.0696. The van der Waals surface area contributed by atoms with Crippen LogP contribution in [0.4, 0.5) is 0 Å². The molecule has 4 nitrogen and oxygen atoms in total. The van der Waals surface area contributed by atoms with Gasteiger partial charge in [0, 0.05) is 9.90 Å². The van der Waals surface area contributed by atoms with Gasteiger partial charge in [-0.1, -0.05) is 23.2 Å². The van der Waals surface area contributed by atoms with Gasteiger partial charge in [0.15, 0.2) is 9.84 Å². The molecule has 0 amide bonds. The molecular formula is C13H10Cl2O4S2. The summed E-state index contributed by atoms with van der Waals surface area (Å²) in [6.07, 6.45) is 0. The molecule has 21 heavy (non-hydrogen) atoms. The van der Waals surface area contributed by atoms with E-state index in [1.165, 1.54) is 30.4 Å². The van der Waals surface area contributed by atoms with Crippen LogP contribution in [-0.4, -0.2) is 19.5 Å². The first-order valence-corrected chi connectivity index (χ1v) is 8.93. The average Bonchev–Trinajstić information content (AvgIpc) is 2.76. The van der Waals surface area contributed by atoms with Crippen LogP contribution in [0.5, 0.6) is 0 Å². The topological polar surface area (TPSA) is 71.4 Å². The van der Waals surface area contributed by atoms with Crippen molar-refractivity contribution in [1.29, 1.82) is 0 Å². The number of hydrogen-bond donors (Lipinski definition) is 1. The molecule has 2 aromatic rings. The van der Waals surface area contributed by atoms with Gasteiger partial charge in [0.05, 0.1) is 20.5 Å². The van der Waals surface area contributed by atoms with Gasteiger partial charge < -0.3 is 5.11 Å². The van der Waals surface area contributed by atoms with Crippen LogP contribution in [0, 0.1) is 6.92 Å². The Morgan fingerprint density at radius 3 is 2.48 bits per heavy atom. The summed E-state index contributed by atoms with van der Waals surface area (Å²) in [4.78, 5) is 11.7. The monoisotopic (exact) mass is 364 g/mol. The normalized spacial score (nSPS) is 11.6. The molecule has 0 saturated heterocycles. The van der Waals surface area contributed by atoms with E-state index in [0.717, 1.165) is 0 Å². The van der Waals surface area contributed by atoms with Crippen molar-refractivity contribution in [2.24, 2.45) is 0 Å². The third-order valence-electron chi connectivity index (χ3n) is 2.85. The minimum atomic E-state index is -3.71. The minimum Gasteiger partial charge on any atom is -0.478 e. The second-order valence-electron chi connectivity index (χ2n) is 4.35. The number of sulfone groups is 1. The van der Waals surface area contributed by atoms with Gasteiger partial charge in [-0.05, 0) is 36.8 Å². The van der Waals surface area contributed by atoms with Crippen LogP contribution in [0.15, 0.2) is 29.2 Å². The summed E-state index contributed by atoms with van der Waals surface area (Å²) < 4.78 is 25.4. The lowest BCUT2D eigenvalue weighted by Gasteiger charge is -2.10. The summed E-state index contributed by atoms with van der Waals surface area (Å²) in [5.41, 5.74) is 0.0554. The largest absolute Gasteiger partial charge is 0.478 e. The number of carboxylic acid groups (broad SMARTS) is 1. The maximum Gasteiger partial charge on any atom is 0.336 e. The molecular weight excluding hydrogens is 355 g/mol. The summed E-state index contributed by atoms with van der Waals surface area (Å²) in [6, 6.07) is 5.75. The Balaban J connectivity index is 2.52. The second kappa shape index (κ2) is 5.96. The van der Waals surface area contributed by atoms with E-state index in [1.807, 2.05) is 0 Å².